The zero-order valence-corrected chi connectivity index (χ0v) is 18.3. The lowest BCUT2D eigenvalue weighted by atomic mass is 10.0. The predicted octanol–water partition coefficient (Wildman–Crippen LogP) is 6.25. The molecule has 0 spiro atoms. The van der Waals surface area contributed by atoms with E-state index >= 15 is 0 Å². The molecule has 0 fully saturated rings. The van der Waals surface area contributed by atoms with Crippen molar-refractivity contribution in [3.05, 3.63) is 77.1 Å². The lowest BCUT2D eigenvalue weighted by Gasteiger charge is -2.07. The van der Waals surface area contributed by atoms with Crippen LogP contribution in [0.15, 0.2) is 60.0 Å². The molecule has 0 radical (unpaired) electrons. The molecule has 1 amide bonds. The Bertz CT molecular complexity index is 1440. The number of thiazole rings is 1. The van der Waals surface area contributed by atoms with Gasteiger partial charge in [0, 0.05) is 28.1 Å². The van der Waals surface area contributed by atoms with Gasteiger partial charge in [-0.25, -0.2) is 14.4 Å². The van der Waals surface area contributed by atoms with Gasteiger partial charge in [-0.15, -0.1) is 11.3 Å². The number of nitrogens with zero attached hydrogens (tertiary/aromatic N) is 2. The average molecular weight is 445 g/mol. The number of nitrogens with one attached hydrogen (secondary N) is 2. The van der Waals surface area contributed by atoms with E-state index in [4.69, 9.17) is 4.98 Å². The van der Waals surface area contributed by atoms with E-state index in [1.165, 1.54) is 17.4 Å². The molecular formula is C25H21FN4OS. The molecule has 5 rings (SSSR count). The van der Waals surface area contributed by atoms with Crippen molar-refractivity contribution in [3.8, 4) is 11.4 Å². The van der Waals surface area contributed by atoms with Crippen LogP contribution in [0, 0.1) is 12.7 Å². The Morgan fingerprint density at radius 3 is 2.84 bits per heavy atom. The number of hydrogen-bond donors (Lipinski definition) is 2. The van der Waals surface area contributed by atoms with Gasteiger partial charge in [-0.05, 0) is 55.7 Å². The number of aromatic nitrogens is 3. The summed E-state index contributed by atoms with van der Waals surface area (Å²) in [6.07, 6.45) is 1.60. The number of hydrogen-bond acceptors (Lipinski definition) is 4. The first-order valence-corrected chi connectivity index (χ1v) is 11.3. The highest BCUT2D eigenvalue weighted by atomic mass is 32.1. The first kappa shape index (κ1) is 20.3. The van der Waals surface area contributed by atoms with Crippen LogP contribution in [-0.2, 0) is 11.2 Å². The molecule has 32 heavy (non-hydrogen) atoms. The van der Waals surface area contributed by atoms with Crippen LogP contribution in [0.3, 0.4) is 0 Å². The predicted molar refractivity (Wildman–Crippen MR) is 127 cm³/mol. The number of carbonyl (C=O) groups is 1. The molecular weight excluding hydrogens is 423 g/mol. The summed E-state index contributed by atoms with van der Waals surface area (Å²) in [4.78, 5) is 24.8. The van der Waals surface area contributed by atoms with Crippen molar-refractivity contribution >= 4 is 44.2 Å². The van der Waals surface area contributed by atoms with Crippen molar-refractivity contribution in [2.75, 3.05) is 5.32 Å². The third-order valence-electron chi connectivity index (χ3n) is 5.42. The molecule has 2 aromatic carbocycles. The van der Waals surface area contributed by atoms with Crippen LogP contribution in [0.25, 0.3) is 33.2 Å². The summed E-state index contributed by atoms with van der Waals surface area (Å²) >= 11 is 1.42. The molecule has 0 unspecified atom stereocenters. The second kappa shape index (κ2) is 8.51. The molecule has 2 N–H and O–H groups in total. The summed E-state index contributed by atoms with van der Waals surface area (Å²) < 4.78 is 14.0. The molecule has 0 aliphatic heterocycles. The minimum absolute atomic E-state index is 0.0734. The van der Waals surface area contributed by atoms with E-state index in [2.05, 4.69) is 15.3 Å². The van der Waals surface area contributed by atoms with Crippen molar-refractivity contribution in [1.29, 1.82) is 0 Å². The quantitative estimate of drug-likeness (QED) is 0.325. The van der Waals surface area contributed by atoms with Crippen LogP contribution in [0.1, 0.15) is 24.1 Å². The van der Waals surface area contributed by atoms with Crippen molar-refractivity contribution in [2.24, 2.45) is 0 Å². The highest BCUT2D eigenvalue weighted by Crippen LogP contribution is 2.32. The number of carbonyl (C=O) groups excluding carboxylic acids is 1. The molecule has 0 aliphatic carbocycles. The summed E-state index contributed by atoms with van der Waals surface area (Å²) in [5.41, 5.74) is 5.29. The second-order valence-electron chi connectivity index (χ2n) is 7.75. The van der Waals surface area contributed by atoms with Crippen LogP contribution < -0.4 is 5.32 Å². The number of aryl methyl sites for hydroxylation is 2. The Balaban J connectivity index is 1.42. The summed E-state index contributed by atoms with van der Waals surface area (Å²) in [5.74, 6) is -0.358. The van der Waals surface area contributed by atoms with Crippen molar-refractivity contribution in [2.45, 2.75) is 26.2 Å². The highest BCUT2D eigenvalue weighted by Gasteiger charge is 2.16. The minimum atomic E-state index is -0.285. The lowest BCUT2D eigenvalue weighted by molar-refractivity contribution is -0.116. The zero-order chi connectivity index (χ0) is 22.1. The maximum absolute atomic E-state index is 14.0. The molecule has 0 saturated carbocycles. The SMILES string of the molecule is Cc1csc(NC(=O)CCCc2c(-c3ccc4ccccc4n3)[nH]c3ccc(F)cc23)n1. The standard InChI is InChI=1S/C25H21FN4OS/c1-15-14-32-25(27-15)30-23(31)8-4-6-18-19-13-17(26)10-12-21(19)29-24(18)22-11-9-16-5-2-3-7-20(16)28-22/h2-3,5,7,9-14,29H,4,6,8H2,1H3,(H,27,30,31). The number of benzene rings is 2. The number of para-hydroxylation sites is 1. The van der Waals surface area contributed by atoms with Crippen LogP contribution in [-0.4, -0.2) is 20.9 Å². The second-order valence-corrected chi connectivity index (χ2v) is 8.61. The topological polar surface area (TPSA) is 70.7 Å². The minimum Gasteiger partial charge on any atom is -0.353 e. The van der Waals surface area contributed by atoms with Crippen LogP contribution in [0.5, 0.6) is 0 Å². The van der Waals surface area contributed by atoms with Gasteiger partial charge in [-0.1, -0.05) is 24.3 Å². The van der Waals surface area contributed by atoms with Gasteiger partial charge in [-0.3, -0.25) is 4.79 Å². The average Bonchev–Trinajstić information content (AvgIpc) is 3.36. The van der Waals surface area contributed by atoms with E-state index in [-0.39, 0.29) is 11.7 Å². The van der Waals surface area contributed by atoms with Gasteiger partial charge >= 0.3 is 0 Å². The largest absolute Gasteiger partial charge is 0.353 e. The van der Waals surface area contributed by atoms with Crippen molar-refractivity contribution in [1.82, 2.24) is 15.0 Å². The fraction of sp³-hybridized carbons (Fsp3) is 0.160. The number of fused-ring (bicyclic) bond motifs is 2. The smallest absolute Gasteiger partial charge is 0.226 e. The number of anilines is 1. The lowest BCUT2D eigenvalue weighted by Crippen LogP contribution is -2.11. The van der Waals surface area contributed by atoms with E-state index < -0.39 is 0 Å². The Morgan fingerprint density at radius 2 is 2.00 bits per heavy atom. The number of amides is 1. The van der Waals surface area contributed by atoms with E-state index in [1.54, 1.807) is 12.1 Å². The molecule has 0 bridgehead atoms. The van der Waals surface area contributed by atoms with Crippen LogP contribution in [0.4, 0.5) is 9.52 Å². The molecule has 5 aromatic rings. The van der Waals surface area contributed by atoms with Crippen molar-refractivity contribution in [3.63, 3.8) is 0 Å². The summed E-state index contributed by atoms with van der Waals surface area (Å²) in [6, 6.07) is 16.7. The summed E-state index contributed by atoms with van der Waals surface area (Å²) in [5, 5.41) is 7.25. The van der Waals surface area contributed by atoms with Gasteiger partial charge < -0.3 is 10.3 Å². The summed E-state index contributed by atoms with van der Waals surface area (Å²) in [7, 11) is 0. The fourth-order valence-electron chi connectivity index (χ4n) is 3.92. The van der Waals surface area contributed by atoms with Crippen LogP contribution in [0.2, 0.25) is 0 Å². The molecule has 0 aliphatic rings. The fourth-order valence-corrected chi connectivity index (χ4v) is 4.63. The van der Waals surface area contributed by atoms with Gasteiger partial charge in [0.2, 0.25) is 5.91 Å². The number of halogens is 1. The third-order valence-corrected chi connectivity index (χ3v) is 6.29. The monoisotopic (exact) mass is 444 g/mol. The van der Waals surface area contributed by atoms with Gasteiger partial charge in [-0.2, -0.15) is 0 Å². The zero-order valence-electron chi connectivity index (χ0n) is 17.5. The van der Waals surface area contributed by atoms with E-state index in [9.17, 15) is 9.18 Å². The Kier molecular flexibility index (Phi) is 5.41. The maximum Gasteiger partial charge on any atom is 0.226 e. The van der Waals surface area contributed by atoms with E-state index in [0.717, 1.165) is 44.5 Å². The van der Waals surface area contributed by atoms with Crippen LogP contribution >= 0.6 is 11.3 Å². The Hall–Kier alpha value is -3.58. The van der Waals surface area contributed by atoms with Gasteiger partial charge in [0.1, 0.15) is 5.82 Å². The normalized spacial score (nSPS) is 11.3. The first-order valence-electron chi connectivity index (χ1n) is 10.4. The Morgan fingerprint density at radius 1 is 1.12 bits per heavy atom. The Labute approximate surface area is 188 Å². The van der Waals surface area contributed by atoms with Gasteiger partial charge in [0.15, 0.2) is 5.13 Å². The highest BCUT2D eigenvalue weighted by molar-refractivity contribution is 7.13. The van der Waals surface area contributed by atoms with E-state index in [0.29, 0.717) is 24.4 Å². The molecule has 3 aromatic heterocycles. The first-order chi connectivity index (χ1) is 15.6. The molecule has 160 valence electrons. The molecule has 3 heterocycles. The number of rotatable bonds is 6. The van der Waals surface area contributed by atoms with Gasteiger partial charge in [0.25, 0.3) is 0 Å². The third kappa shape index (κ3) is 4.11. The maximum atomic E-state index is 14.0. The molecule has 0 atom stereocenters. The summed E-state index contributed by atoms with van der Waals surface area (Å²) in [6.45, 7) is 1.89. The van der Waals surface area contributed by atoms with Gasteiger partial charge in [0.05, 0.1) is 22.6 Å². The van der Waals surface area contributed by atoms with E-state index in [1.807, 2.05) is 48.7 Å². The number of aromatic amines is 1. The molecule has 0 saturated heterocycles. The number of H-pyrrole nitrogens is 1. The van der Waals surface area contributed by atoms with Crippen molar-refractivity contribution < 1.29 is 9.18 Å². The molecule has 7 heteroatoms. The molecule has 5 nitrogen and oxygen atoms in total. The number of pyridine rings is 1.